The van der Waals surface area contributed by atoms with Crippen molar-refractivity contribution in [3.8, 4) is 0 Å². The summed E-state index contributed by atoms with van der Waals surface area (Å²) in [4.78, 5) is 11.5. The Morgan fingerprint density at radius 3 is 2.47 bits per heavy atom. The molecule has 0 saturated heterocycles. The van der Waals surface area contributed by atoms with E-state index in [-0.39, 0.29) is 11.2 Å². The Bertz CT molecular complexity index is 413. The van der Waals surface area contributed by atoms with Gasteiger partial charge in [-0.25, -0.2) is 8.42 Å². The zero-order valence-corrected chi connectivity index (χ0v) is 11.1. The van der Waals surface area contributed by atoms with Crippen LogP contribution < -0.4 is 5.73 Å². The van der Waals surface area contributed by atoms with Gasteiger partial charge in [0.25, 0.3) is 0 Å². The summed E-state index contributed by atoms with van der Waals surface area (Å²) in [6.07, 6.45) is 5.89. The number of nitrogens with two attached hydrogens (primary N) is 1. The Balaban J connectivity index is 2.07. The van der Waals surface area contributed by atoms with Crippen LogP contribution in [-0.2, 0) is 14.6 Å². The van der Waals surface area contributed by atoms with Gasteiger partial charge < -0.3 is 5.73 Å². The molecule has 0 heterocycles. The fraction of sp³-hybridized carbons (Fsp3) is 0.917. The molecule has 1 amide bonds. The molecule has 0 aromatic carbocycles. The van der Waals surface area contributed by atoms with Gasteiger partial charge in [-0.1, -0.05) is 26.2 Å². The van der Waals surface area contributed by atoms with Gasteiger partial charge in [0.05, 0.1) is 5.25 Å². The minimum Gasteiger partial charge on any atom is -0.368 e. The van der Waals surface area contributed by atoms with Gasteiger partial charge in [-0.05, 0) is 31.6 Å². The number of unbranched alkanes of at least 4 members (excludes halogenated alkanes) is 2. The van der Waals surface area contributed by atoms with Crippen LogP contribution in [0.15, 0.2) is 0 Å². The molecule has 4 nitrogen and oxygen atoms in total. The Kier molecular flexibility index (Phi) is 3.23. The molecule has 17 heavy (non-hydrogen) atoms. The number of primary amides is 1. The molecule has 0 bridgehead atoms. The largest absolute Gasteiger partial charge is 0.368 e. The maximum Gasteiger partial charge on any atom is 0.239 e. The van der Waals surface area contributed by atoms with Crippen LogP contribution >= 0.6 is 0 Å². The molecule has 98 valence electrons. The van der Waals surface area contributed by atoms with Gasteiger partial charge in [-0.2, -0.15) is 0 Å². The first kappa shape index (κ1) is 12.9. The second-order valence-corrected chi connectivity index (χ2v) is 7.88. The van der Waals surface area contributed by atoms with Gasteiger partial charge in [0.2, 0.25) is 5.91 Å². The van der Waals surface area contributed by atoms with Gasteiger partial charge in [-0.3, -0.25) is 4.79 Å². The highest BCUT2D eigenvalue weighted by Gasteiger charge is 2.70. The molecule has 2 unspecified atom stereocenters. The lowest BCUT2D eigenvalue weighted by molar-refractivity contribution is -0.118. The van der Waals surface area contributed by atoms with Crippen LogP contribution in [0.3, 0.4) is 0 Å². The summed E-state index contributed by atoms with van der Waals surface area (Å²) < 4.78 is 23.3. The topological polar surface area (TPSA) is 77.2 Å². The van der Waals surface area contributed by atoms with Gasteiger partial charge in [0.1, 0.15) is 0 Å². The number of amides is 1. The summed E-state index contributed by atoms with van der Waals surface area (Å²) in [7, 11) is -3.31. The van der Waals surface area contributed by atoms with E-state index in [1.807, 2.05) is 0 Å². The van der Waals surface area contributed by atoms with E-state index in [1.54, 1.807) is 0 Å². The van der Waals surface area contributed by atoms with E-state index >= 15 is 0 Å². The molecule has 0 aromatic rings. The van der Waals surface area contributed by atoms with Crippen LogP contribution in [0, 0.1) is 5.92 Å². The highest BCUT2D eigenvalue weighted by Crippen LogP contribution is 2.56. The molecule has 2 saturated carbocycles. The van der Waals surface area contributed by atoms with Crippen molar-refractivity contribution in [2.75, 3.05) is 0 Å². The number of sulfone groups is 1. The lowest BCUT2D eigenvalue weighted by atomic mass is 10.1. The molecule has 2 atom stereocenters. The van der Waals surface area contributed by atoms with Crippen LogP contribution in [-0.4, -0.2) is 24.3 Å². The molecule has 0 aliphatic heterocycles. The number of carbonyl (C=O) groups excluding carboxylic acids is 1. The fourth-order valence-corrected chi connectivity index (χ4v) is 5.40. The minimum absolute atomic E-state index is 0.0165. The van der Waals surface area contributed by atoms with Crippen LogP contribution in [0.1, 0.15) is 51.9 Å². The first-order chi connectivity index (χ1) is 7.96. The van der Waals surface area contributed by atoms with E-state index in [4.69, 9.17) is 5.73 Å². The van der Waals surface area contributed by atoms with E-state index < -0.39 is 20.5 Å². The summed E-state index contributed by atoms with van der Waals surface area (Å²) >= 11 is 0. The molecule has 2 fully saturated rings. The van der Waals surface area contributed by atoms with E-state index in [0.29, 0.717) is 19.3 Å². The van der Waals surface area contributed by atoms with Crippen molar-refractivity contribution in [3.05, 3.63) is 0 Å². The van der Waals surface area contributed by atoms with Gasteiger partial charge in [0, 0.05) is 0 Å². The van der Waals surface area contributed by atoms with Crippen molar-refractivity contribution in [1.29, 1.82) is 0 Å². The van der Waals surface area contributed by atoms with Crippen molar-refractivity contribution >= 4 is 15.7 Å². The number of hydrogen-bond acceptors (Lipinski definition) is 3. The molecule has 2 N–H and O–H groups in total. The molecule has 2 aliphatic carbocycles. The lowest BCUT2D eigenvalue weighted by Gasteiger charge is -2.14. The monoisotopic (exact) mass is 259 g/mol. The van der Waals surface area contributed by atoms with Crippen molar-refractivity contribution in [3.63, 3.8) is 0 Å². The zero-order valence-electron chi connectivity index (χ0n) is 10.3. The molecule has 0 aromatic heterocycles. The maximum atomic E-state index is 12.3. The quantitative estimate of drug-likeness (QED) is 0.702. The molecular weight excluding hydrogens is 238 g/mol. The molecule has 5 heteroatoms. The zero-order chi connectivity index (χ0) is 12.7. The first-order valence-electron chi connectivity index (χ1n) is 6.50. The van der Waals surface area contributed by atoms with Crippen molar-refractivity contribution in [2.24, 2.45) is 11.7 Å². The number of hydrogen-bond donors (Lipinski definition) is 1. The van der Waals surface area contributed by atoms with Crippen molar-refractivity contribution in [2.45, 2.75) is 61.9 Å². The second kappa shape index (κ2) is 4.26. The second-order valence-electron chi connectivity index (χ2n) is 5.39. The van der Waals surface area contributed by atoms with Gasteiger partial charge in [-0.15, -0.1) is 0 Å². The van der Waals surface area contributed by atoms with Gasteiger partial charge in [0.15, 0.2) is 14.6 Å². The lowest BCUT2D eigenvalue weighted by Crippen LogP contribution is -2.42. The van der Waals surface area contributed by atoms with E-state index in [9.17, 15) is 13.2 Å². The molecule has 0 radical (unpaired) electrons. The summed E-state index contributed by atoms with van der Waals surface area (Å²) in [5, 5.41) is -0.286. The normalized spacial score (nSPS) is 32.4. The number of rotatable bonds is 7. The van der Waals surface area contributed by atoms with E-state index in [1.165, 1.54) is 0 Å². The first-order valence-corrected chi connectivity index (χ1v) is 8.04. The van der Waals surface area contributed by atoms with Crippen molar-refractivity contribution in [1.82, 2.24) is 0 Å². The Morgan fingerprint density at radius 1 is 1.35 bits per heavy atom. The third-order valence-electron chi connectivity index (χ3n) is 4.09. The van der Waals surface area contributed by atoms with Crippen LogP contribution in [0.4, 0.5) is 0 Å². The number of carbonyl (C=O) groups is 1. The average molecular weight is 259 g/mol. The summed E-state index contributed by atoms with van der Waals surface area (Å²) in [6, 6.07) is 0. The third-order valence-corrected chi connectivity index (χ3v) is 7.16. The van der Waals surface area contributed by atoms with E-state index in [0.717, 1.165) is 25.7 Å². The Hall–Kier alpha value is -0.580. The average Bonchev–Trinajstić information content (AvgIpc) is 3.12. The SMILES string of the molecule is CCCCCC1CC1(C(N)=O)S(=O)(=O)C1CC1. The van der Waals surface area contributed by atoms with Crippen LogP contribution in [0.5, 0.6) is 0 Å². The summed E-state index contributed by atoms with van der Waals surface area (Å²) in [5.74, 6) is -0.636. The van der Waals surface area contributed by atoms with Crippen LogP contribution in [0.25, 0.3) is 0 Å². The summed E-state index contributed by atoms with van der Waals surface area (Å²) in [5.41, 5.74) is 5.36. The Morgan fingerprint density at radius 2 is 2.00 bits per heavy atom. The Labute approximate surface area is 103 Å². The standard InChI is InChI=1S/C12H21NO3S/c1-2-3-4-5-9-8-12(9,11(13)14)17(15,16)10-6-7-10/h9-10H,2-8H2,1H3,(H2,13,14). The van der Waals surface area contributed by atoms with Gasteiger partial charge >= 0.3 is 0 Å². The molecule has 2 aliphatic rings. The molecule has 2 rings (SSSR count). The highest BCUT2D eigenvalue weighted by molar-refractivity contribution is 7.94. The summed E-state index contributed by atoms with van der Waals surface area (Å²) in [6.45, 7) is 2.11. The third kappa shape index (κ3) is 1.98. The van der Waals surface area contributed by atoms with Crippen LogP contribution in [0.2, 0.25) is 0 Å². The maximum absolute atomic E-state index is 12.3. The van der Waals surface area contributed by atoms with Crippen molar-refractivity contribution < 1.29 is 13.2 Å². The highest BCUT2D eigenvalue weighted by atomic mass is 32.2. The predicted octanol–water partition coefficient (Wildman–Crippen LogP) is 1.39. The molecule has 0 spiro atoms. The smallest absolute Gasteiger partial charge is 0.239 e. The molecular formula is C12H21NO3S. The fourth-order valence-electron chi connectivity index (χ4n) is 2.75. The minimum atomic E-state index is -3.31. The predicted molar refractivity (Wildman–Crippen MR) is 66.1 cm³/mol. The van der Waals surface area contributed by atoms with E-state index in [2.05, 4.69) is 6.92 Å².